The zero-order valence-corrected chi connectivity index (χ0v) is 9.42. The Bertz CT molecular complexity index is 260. The molecule has 0 amide bonds. The van der Waals surface area contributed by atoms with Gasteiger partial charge in [-0.05, 0) is 35.9 Å². The van der Waals surface area contributed by atoms with E-state index in [9.17, 15) is 0 Å². The van der Waals surface area contributed by atoms with Gasteiger partial charge in [0.1, 0.15) is 5.75 Å². The maximum Gasteiger partial charge on any atom is 0.118 e. The molecule has 0 unspecified atom stereocenters. The summed E-state index contributed by atoms with van der Waals surface area (Å²) in [7, 11) is 1.67. The summed E-state index contributed by atoms with van der Waals surface area (Å²) in [6.07, 6.45) is 0.974. The van der Waals surface area contributed by atoms with Gasteiger partial charge in [0, 0.05) is 13.1 Å². The van der Waals surface area contributed by atoms with E-state index in [1.165, 1.54) is 5.56 Å². The maximum atomic E-state index is 5.88. The molecular formula is C11H16ClNO. The summed E-state index contributed by atoms with van der Waals surface area (Å²) in [5.74, 6) is 0.895. The zero-order chi connectivity index (χ0) is 10.4. The summed E-state index contributed by atoms with van der Waals surface area (Å²) < 4.78 is 6.86. The van der Waals surface area contributed by atoms with Crippen molar-refractivity contribution in [1.29, 1.82) is 0 Å². The lowest BCUT2D eigenvalue weighted by atomic mass is 10.1. The third-order valence-electron chi connectivity index (χ3n) is 2.15. The van der Waals surface area contributed by atoms with Gasteiger partial charge in [0.2, 0.25) is 0 Å². The maximum absolute atomic E-state index is 5.88. The normalized spacial score (nSPS) is 10.6. The molecule has 14 heavy (non-hydrogen) atoms. The van der Waals surface area contributed by atoms with Crippen molar-refractivity contribution in [3.05, 3.63) is 29.8 Å². The molecule has 2 nitrogen and oxygen atoms in total. The topological polar surface area (TPSA) is 12.5 Å². The Morgan fingerprint density at radius 1 is 1.29 bits per heavy atom. The lowest BCUT2D eigenvalue weighted by molar-refractivity contribution is 0.414. The Hall–Kier alpha value is -0.730. The number of likely N-dealkylation sites (N-methyl/N-ethyl adjacent to an activating group) is 1. The molecule has 0 heterocycles. The van der Waals surface area contributed by atoms with E-state index < -0.39 is 0 Å². The average Bonchev–Trinajstić information content (AvgIpc) is 2.26. The van der Waals surface area contributed by atoms with Crippen molar-refractivity contribution in [1.82, 2.24) is 4.42 Å². The third-order valence-corrected chi connectivity index (χ3v) is 2.55. The second-order valence-corrected chi connectivity index (χ2v) is 3.58. The van der Waals surface area contributed by atoms with Crippen molar-refractivity contribution < 1.29 is 4.74 Å². The number of hydrogen-bond acceptors (Lipinski definition) is 2. The summed E-state index contributed by atoms with van der Waals surface area (Å²) >= 11 is 5.88. The minimum atomic E-state index is 0.873. The SMILES string of the molecule is CCN(Cl)CCc1ccc(OC)cc1. The Balaban J connectivity index is 2.43. The monoisotopic (exact) mass is 213 g/mol. The number of nitrogens with zero attached hydrogens (tertiary/aromatic N) is 1. The van der Waals surface area contributed by atoms with Crippen LogP contribution in [0, 0.1) is 0 Å². The van der Waals surface area contributed by atoms with Gasteiger partial charge in [-0.2, -0.15) is 0 Å². The first kappa shape index (κ1) is 11.3. The fraction of sp³-hybridized carbons (Fsp3) is 0.455. The number of ether oxygens (including phenoxy) is 1. The molecule has 0 bridgehead atoms. The predicted octanol–water partition coefficient (Wildman–Crippen LogP) is 2.71. The summed E-state index contributed by atoms with van der Waals surface area (Å²) in [5.41, 5.74) is 1.28. The number of benzene rings is 1. The molecule has 0 aromatic heterocycles. The third kappa shape index (κ3) is 3.56. The first-order valence-corrected chi connectivity index (χ1v) is 5.13. The summed E-state index contributed by atoms with van der Waals surface area (Å²) in [6.45, 7) is 3.79. The van der Waals surface area contributed by atoms with E-state index in [2.05, 4.69) is 12.1 Å². The van der Waals surface area contributed by atoms with Crippen LogP contribution in [0.1, 0.15) is 12.5 Å². The first-order chi connectivity index (χ1) is 6.76. The molecule has 1 aromatic carbocycles. The van der Waals surface area contributed by atoms with E-state index >= 15 is 0 Å². The Kier molecular flexibility index (Phi) is 4.77. The van der Waals surface area contributed by atoms with Crippen LogP contribution in [0.2, 0.25) is 0 Å². The molecule has 0 aliphatic carbocycles. The van der Waals surface area contributed by atoms with Crippen LogP contribution >= 0.6 is 11.8 Å². The molecule has 0 fully saturated rings. The quantitative estimate of drug-likeness (QED) is 0.698. The molecule has 0 atom stereocenters. The van der Waals surface area contributed by atoms with Crippen molar-refractivity contribution in [2.75, 3.05) is 20.2 Å². The fourth-order valence-electron chi connectivity index (χ4n) is 1.20. The van der Waals surface area contributed by atoms with Gasteiger partial charge >= 0.3 is 0 Å². The highest BCUT2D eigenvalue weighted by Gasteiger charge is 1.98. The van der Waals surface area contributed by atoms with Gasteiger partial charge in [-0.3, -0.25) is 0 Å². The minimum absolute atomic E-state index is 0.873. The Labute approximate surface area is 90.5 Å². The number of methoxy groups -OCH3 is 1. The summed E-state index contributed by atoms with van der Waals surface area (Å²) in [6, 6.07) is 8.08. The van der Waals surface area contributed by atoms with Crippen LogP contribution in [0.3, 0.4) is 0 Å². The second kappa shape index (κ2) is 5.89. The van der Waals surface area contributed by atoms with E-state index in [0.29, 0.717) is 0 Å². The Morgan fingerprint density at radius 3 is 2.43 bits per heavy atom. The highest BCUT2D eigenvalue weighted by atomic mass is 35.5. The standard InChI is InChI=1S/C11H16ClNO/c1-3-13(12)9-8-10-4-6-11(14-2)7-5-10/h4-7H,3,8-9H2,1-2H3. The van der Waals surface area contributed by atoms with E-state index in [-0.39, 0.29) is 0 Å². The van der Waals surface area contributed by atoms with Crippen LogP contribution in [-0.2, 0) is 6.42 Å². The van der Waals surface area contributed by atoms with Gasteiger partial charge in [-0.25, -0.2) is 4.42 Å². The van der Waals surface area contributed by atoms with Crippen LogP contribution in [0.15, 0.2) is 24.3 Å². The molecule has 1 rings (SSSR count). The molecule has 3 heteroatoms. The van der Waals surface area contributed by atoms with Crippen molar-refractivity contribution in [3.8, 4) is 5.75 Å². The number of halogens is 1. The summed E-state index contributed by atoms with van der Waals surface area (Å²) in [4.78, 5) is 0. The van der Waals surface area contributed by atoms with Gasteiger partial charge in [0.05, 0.1) is 7.11 Å². The molecule has 1 aromatic rings. The fourth-order valence-corrected chi connectivity index (χ4v) is 1.29. The largest absolute Gasteiger partial charge is 0.497 e. The highest BCUT2D eigenvalue weighted by Crippen LogP contribution is 2.12. The van der Waals surface area contributed by atoms with E-state index in [0.717, 1.165) is 25.3 Å². The lowest BCUT2D eigenvalue weighted by Crippen LogP contribution is -2.14. The molecule has 0 saturated heterocycles. The first-order valence-electron chi connectivity index (χ1n) is 4.80. The van der Waals surface area contributed by atoms with Crippen LogP contribution < -0.4 is 4.74 Å². The molecule has 0 N–H and O–H groups in total. The van der Waals surface area contributed by atoms with Crippen LogP contribution in [0.5, 0.6) is 5.75 Å². The highest BCUT2D eigenvalue weighted by molar-refractivity contribution is 6.13. The van der Waals surface area contributed by atoms with Crippen LogP contribution in [-0.4, -0.2) is 24.6 Å². The predicted molar refractivity (Wildman–Crippen MR) is 59.8 cm³/mol. The molecule has 0 saturated carbocycles. The smallest absolute Gasteiger partial charge is 0.118 e. The zero-order valence-electron chi connectivity index (χ0n) is 8.66. The minimum Gasteiger partial charge on any atom is -0.497 e. The van der Waals surface area contributed by atoms with Crippen molar-refractivity contribution in [3.63, 3.8) is 0 Å². The van der Waals surface area contributed by atoms with Gasteiger partial charge < -0.3 is 4.74 Å². The van der Waals surface area contributed by atoms with Gasteiger partial charge in [0.15, 0.2) is 0 Å². The van der Waals surface area contributed by atoms with Gasteiger partial charge in [0.25, 0.3) is 0 Å². The van der Waals surface area contributed by atoms with Crippen molar-refractivity contribution in [2.45, 2.75) is 13.3 Å². The molecule has 0 aliphatic rings. The molecule has 0 spiro atoms. The second-order valence-electron chi connectivity index (χ2n) is 3.10. The average molecular weight is 214 g/mol. The molecule has 0 radical (unpaired) electrons. The Morgan fingerprint density at radius 2 is 1.93 bits per heavy atom. The molecular weight excluding hydrogens is 198 g/mol. The van der Waals surface area contributed by atoms with Crippen LogP contribution in [0.25, 0.3) is 0 Å². The lowest BCUT2D eigenvalue weighted by Gasteiger charge is -2.10. The summed E-state index contributed by atoms with van der Waals surface area (Å²) in [5, 5.41) is 0. The van der Waals surface area contributed by atoms with E-state index in [4.69, 9.17) is 16.5 Å². The van der Waals surface area contributed by atoms with Gasteiger partial charge in [-0.15, -0.1) is 0 Å². The molecule has 78 valence electrons. The van der Waals surface area contributed by atoms with Crippen LogP contribution in [0.4, 0.5) is 0 Å². The van der Waals surface area contributed by atoms with Crippen molar-refractivity contribution >= 4 is 11.8 Å². The van der Waals surface area contributed by atoms with E-state index in [1.54, 1.807) is 11.5 Å². The van der Waals surface area contributed by atoms with E-state index in [1.807, 2.05) is 19.1 Å². The molecule has 0 aliphatic heterocycles. The number of rotatable bonds is 5. The number of hydrogen-bond donors (Lipinski definition) is 0. The van der Waals surface area contributed by atoms with Gasteiger partial charge in [-0.1, -0.05) is 19.1 Å². The van der Waals surface area contributed by atoms with Crippen molar-refractivity contribution in [2.24, 2.45) is 0 Å².